The van der Waals surface area contributed by atoms with Crippen LogP contribution < -0.4 is 15.4 Å². The first kappa shape index (κ1) is 24.6. The van der Waals surface area contributed by atoms with E-state index in [1.54, 1.807) is 24.5 Å². The lowest BCUT2D eigenvalue weighted by atomic mass is 9.97. The van der Waals surface area contributed by atoms with Crippen LogP contribution in [-0.2, 0) is 4.79 Å². The van der Waals surface area contributed by atoms with Crippen molar-refractivity contribution >= 4 is 24.7 Å². The Kier molecular flexibility index (Phi) is 7.08. The summed E-state index contributed by atoms with van der Waals surface area (Å²) in [5.74, 6) is 0.169. The summed E-state index contributed by atoms with van der Waals surface area (Å²) >= 11 is 0. The predicted octanol–water partition coefficient (Wildman–Crippen LogP) is 5.18. The predicted molar refractivity (Wildman–Crippen MR) is 136 cm³/mol. The van der Waals surface area contributed by atoms with Crippen LogP contribution >= 0.6 is 0 Å². The summed E-state index contributed by atoms with van der Waals surface area (Å²) in [6.07, 6.45) is 3.48. The second kappa shape index (κ2) is 9.47. The summed E-state index contributed by atoms with van der Waals surface area (Å²) in [4.78, 5) is 22.3. The van der Waals surface area contributed by atoms with Gasteiger partial charge >= 0.3 is 5.97 Å². The molecule has 1 aromatic heterocycles. The molecule has 3 aromatic rings. The van der Waals surface area contributed by atoms with E-state index in [0.29, 0.717) is 10.9 Å². The number of phenolic OH excluding ortho intramolecular Hbond substituents is 1. The highest BCUT2D eigenvalue weighted by molar-refractivity contribution is 7.04. The molecule has 174 valence electrons. The fraction of sp³-hybridized carbons (Fsp3) is 0.370. The molecule has 0 aliphatic heterocycles. The van der Waals surface area contributed by atoms with Crippen LogP contribution in [0.3, 0.4) is 0 Å². The van der Waals surface area contributed by atoms with Gasteiger partial charge in [-0.3, -0.25) is 4.79 Å². The molecule has 2 aromatic carbocycles. The molecule has 0 spiro atoms. The fourth-order valence-electron chi connectivity index (χ4n) is 4.53. The number of aromatic nitrogens is 2. The zero-order valence-electron chi connectivity index (χ0n) is 20.6. The third-order valence-corrected chi connectivity index (χ3v) is 12.1. The highest BCUT2D eigenvalue weighted by Crippen LogP contribution is 2.39. The van der Waals surface area contributed by atoms with Crippen molar-refractivity contribution in [3.05, 3.63) is 60.9 Å². The van der Waals surface area contributed by atoms with Crippen LogP contribution in [0.1, 0.15) is 48.5 Å². The van der Waals surface area contributed by atoms with Crippen LogP contribution in [0.25, 0.3) is 11.1 Å². The summed E-state index contributed by atoms with van der Waals surface area (Å²) in [5.41, 5.74) is 2.04. The Hall–Kier alpha value is -2.99. The average Bonchev–Trinajstić information content (AvgIpc) is 2.76. The summed E-state index contributed by atoms with van der Waals surface area (Å²) in [6, 6.07) is 15.2. The van der Waals surface area contributed by atoms with E-state index < -0.39 is 13.5 Å². The highest BCUT2D eigenvalue weighted by Gasteiger charge is 2.50. The van der Waals surface area contributed by atoms with Crippen molar-refractivity contribution < 1.29 is 14.6 Å². The maximum absolute atomic E-state index is 13.0. The van der Waals surface area contributed by atoms with Crippen LogP contribution in [-0.4, -0.2) is 29.1 Å². The van der Waals surface area contributed by atoms with Gasteiger partial charge in [-0.05, 0) is 61.2 Å². The van der Waals surface area contributed by atoms with E-state index in [2.05, 4.69) is 37.7 Å². The van der Waals surface area contributed by atoms with Crippen molar-refractivity contribution in [1.82, 2.24) is 9.97 Å². The van der Waals surface area contributed by atoms with Crippen molar-refractivity contribution in [3.8, 4) is 22.6 Å². The van der Waals surface area contributed by atoms with Gasteiger partial charge in [0.05, 0.1) is 5.41 Å². The Morgan fingerprint density at radius 3 is 2.00 bits per heavy atom. The van der Waals surface area contributed by atoms with Gasteiger partial charge in [0.1, 0.15) is 16.9 Å². The Labute approximate surface area is 197 Å². The SMILES string of the molecule is CC(C)[Si](c1ncccn1)(c1c(O)cc(-c2ccccc2)cc1OC(=O)C(C)(C)C)C(C)C. The number of rotatable bonds is 6. The monoisotopic (exact) mass is 462 g/mol. The Bertz CT molecular complexity index is 1100. The molecular weight excluding hydrogens is 428 g/mol. The summed E-state index contributed by atoms with van der Waals surface area (Å²) in [6.45, 7) is 14.0. The lowest BCUT2D eigenvalue weighted by molar-refractivity contribution is -0.142. The van der Waals surface area contributed by atoms with Crippen molar-refractivity contribution in [3.63, 3.8) is 0 Å². The van der Waals surface area contributed by atoms with Crippen LogP contribution in [0.2, 0.25) is 11.1 Å². The fourth-order valence-corrected chi connectivity index (χ4v) is 9.88. The van der Waals surface area contributed by atoms with Gasteiger partial charge in [-0.2, -0.15) is 0 Å². The van der Waals surface area contributed by atoms with Gasteiger partial charge < -0.3 is 9.84 Å². The number of ether oxygens (including phenoxy) is 1. The molecule has 0 bridgehead atoms. The minimum Gasteiger partial charge on any atom is -0.508 e. The number of esters is 1. The van der Waals surface area contributed by atoms with E-state index in [0.717, 1.165) is 16.6 Å². The Morgan fingerprint density at radius 2 is 1.48 bits per heavy atom. The number of nitrogens with zero attached hydrogens (tertiary/aromatic N) is 2. The van der Waals surface area contributed by atoms with Gasteiger partial charge in [0.25, 0.3) is 0 Å². The molecule has 0 aliphatic rings. The Morgan fingerprint density at radius 1 is 0.909 bits per heavy atom. The highest BCUT2D eigenvalue weighted by atomic mass is 28.3. The topological polar surface area (TPSA) is 72.3 Å². The molecule has 0 fully saturated rings. The minimum atomic E-state index is -2.79. The Balaban J connectivity index is 2.38. The summed E-state index contributed by atoms with van der Waals surface area (Å²) in [5, 5.41) is 12.2. The zero-order chi connectivity index (χ0) is 24.4. The van der Waals surface area contributed by atoms with Crippen molar-refractivity contribution in [2.75, 3.05) is 0 Å². The third kappa shape index (κ3) is 4.71. The van der Waals surface area contributed by atoms with Crippen molar-refractivity contribution in [1.29, 1.82) is 0 Å². The van der Waals surface area contributed by atoms with Crippen LogP contribution in [0.5, 0.6) is 11.5 Å². The molecule has 1 heterocycles. The van der Waals surface area contributed by atoms with Crippen LogP contribution in [0, 0.1) is 5.41 Å². The smallest absolute Gasteiger partial charge is 0.316 e. The summed E-state index contributed by atoms with van der Waals surface area (Å²) in [7, 11) is -2.79. The lowest BCUT2D eigenvalue weighted by Gasteiger charge is -2.39. The van der Waals surface area contributed by atoms with Gasteiger partial charge in [-0.15, -0.1) is 0 Å². The summed E-state index contributed by atoms with van der Waals surface area (Å²) < 4.78 is 6.06. The maximum Gasteiger partial charge on any atom is 0.316 e. The standard InChI is InChI=1S/C27H34N2O3Si/c1-18(2)33(19(3)4,26-28-14-11-15-29-26)24-22(30)16-21(20-12-9-8-10-13-20)17-23(24)32-25(31)27(5,6)7/h8-19,30H,1-7H3. The molecule has 1 N–H and O–H groups in total. The van der Waals surface area contributed by atoms with E-state index in [1.807, 2.05) is 57.2 Å². The molecule has 0 amide bonds. The van der Waals surface area contributed by atoms with Crippen molar-refractivity contribution in [2.45, 2.75) is 59.5 Å². The number of hydrogen-bond acceptors (Lipinski definition) is 5. The zero-order valence-corrected chi connectivity index (χ0v) is 21.6. The molecular formula is C27H34N2O3Si. The van der Waals surface area contributed by atoms with E-state index in [-0.39, 0.29) is 22.8 Å². The first-order valence-electron chi connectivity index (χ1n) is 11.4. The number of phenols is 1. The largest absolute Gasteiger partial charge is 0.508 e. The molecule has 0 saturated heterocycles. The normalized spacial score (nSPS) is 12.3. The van der Waals surface area contributed by atoms with E-state index in [9.17, 15) is 9.90 Å². The second-order valence-electron chi connectivity index (χ2n) is 10.1. The average molecular weight is 463 g/mol. The first-order chi connectivity index (χ1) is 15.5. The van der Waals surface area contributed by atoms with E-state index in [4.69, 9.17) is 4.74 Å². The van der Waals surface area contributed by atoms with Crippen LogP contribution in [0.4, 0.5) is 0 Å². The molecule has 6 heteroatoms. The molecule has 0 radical (unpaired) electrons. The lowest BCUT2D eigenvalue weighted by Crippen LogP contribution is -2.65. The van der Waals surface area contributed by atoms with Gasteiger partial charge in [0.2, 0.25) is 0 Å². The molecule has 0 unspecified atom stereocenters. The number of carbonyl (C=O) groups is 1. The molecule has 0 saturated carbocycles. The first-order valence-corrected chi connectivity index (χ1v) is 13.6. The van der Waals surface area contributed by atoms with Crippen molar-refractivity contribution in [2.24, 2.45) is 5.41 Å². The van der Waals surface area contributed by atoms with Gasteiger partial charge in [0, 0.05) is 17.6 Å². The maximum atomic E-state index is 13.0. The third-order valence-electron chi connectivity index (χ3n) is 6.17. The number of benzene rings is 2. The van der Waals surface area contributed by atoms with E-state index in [1.165, 1.54) is 0 Å². The number of aromatic hydroxyl groups is 1. The minimum absolute atomic E-state index is 0.120. The molecule has 5 nitrogen and oxygen atoms in total. The van der Waals surface area contributed by atoms with Gasteiger partial charge in [0.15, 0.2) is 8.07 Å². The van der Waals surface area contributed by atoms with Gasteiger partial charge in [-0.1, -0.05) is 58.0 Å². The van der Waals surface area contributed by atoms with Crippen LogP contribution in [0.15, 0.2) is 60.9 Å². The number of hydrogen-bond donors (Lipinski definition) is 1. The number of carbonyl (C=O) groups excluding carboxylic acids is 1. The van der Waals surface area contributed by atoms with E-state index >= 15 is 0 Å². The molecule has 3 rings (SSSR count). The molecule has 0 aliphatic carbocycles. The van der Waals surface area contributed by atoms with Gasteiger partial charge in [-0.25, -0.2) is 9.97 Å². The molecule has 0 atom stereocenters. The quantitative estimate of drug-likeness (QED) is 0.310. The molecule has 33 heavy (non-hydrogen) atoms. The second-order valence-corrected chi connectivity index (χ2v) is 15.1.